The molecule has 2 rings (SSSR count). The molecule has 1 atom stereocenters. The second-order valence-corrected chi connectivity index (χ2v) is 3.87. The summed E-state index contributed by atoms with van der Waals surface area (Å²) < 4.78 is 0. The van der Waals surface area contributed by atoms with Crippen LogP contribution in [0.4, 0.5) is 0 Å². The van der Waals surface area contributed by atoms with E-state index in [-0.39, 0.29) is 21.7 Å². The van der Waals surface area contributed by atoms with Crippen LogP contribution in [0.15, 0.2) is 22.8 Å². The first-order chi connectivity index (χ1) is 5.29. The zero-order valence-corrected chi connectivity index (χ0v) is 9.54. The minimum atomic E-state index is 0. The van der Waals surface area contributed by atoms with Crippen LogP contribution in [0.2, 0.25) is 0 Å². The summed E-state index contributed by atoms with van der Waals surface area (Å²) in [5.41, 5.74) is 4.99. The molecule has 0 radical (unpaired) electrons. The maximum absolute atomic E-state index is 2.42. The summed E-state index contributed by atoms with van der Waals surface area (Å²) in [5.74, 6) is 0.769. The summed E-state index contributed by atoms with van der Waals surface area (Å²) in [4.78, 5) is 0. The van der Waals surface area contributed by atoms with Crippen molar-refractivity contribution in [2.45, 2.75) is 39.5 Å². The molecule has 0 saturated heterocycles. The molecule has 0 amide bonds. The van der Waals surface area contributed by atoms with Gasteiger partial charge in [0.25, 0.3) is 0 Å². The molecule has 0 saturated carbocycles. The van der Waals surface area contributed by atoms with E-state index in [0.717, 1.165) is 5.92 Å². The first kappa shape index (κ1) is 10.3. The van der Waals surface area contributed by atoms with E-state index in [1.165, 1.54) is 25.7 Å². The van der Waals surface area contributed by atoms with E-state index in [1.807, 2.05) is 0 Å². The van der Waals surface area contributed by atoms with Crippen molar-refractivity contribution in [3.8, 4) is 0 Å². The third-order valence-electron chi connectivity index (χ3n) is 3.16. The van der Waals surface area contributed by atoms with Gasteiger partial charge in [0.15, 0.2) is 0 Å². The fraction of sp³-hybridized carbons (Fsp3) is 0.636. The number of rotatable bonds is 0. The molecule has 0 aromatic carbocycles. The molecule has 12 heavy (non-hydrogen) atoms. The fourth-order valence-corrected chi connectivity index (χ4v) is 2.29. The van der Waals surface area contributed by atoms with E-state index < -0.39 is 0 Å². The summed E-state index contributed by atoms with van der Waals surface area (Å²) in [6.07, 6.45) is 7.96. The van der Waals surface area contributed by atoms with Crippen LogP contribution in [0.3, 0.4) is 0 Å². The van der Waals surface area contributed by atoms with Gasteiger partial charge in [-0.05, 0) is 44.1 Å². The molecule has 0 spiro atoms. The van der Waals surface area contributed by atoms with Gasteiger partial charge >= 0.3 is 0 Å². The van der Waals surface area contributed by atoms with Crippen LogP contribution in [0, 0.1) is 5.92 Å². The van der Waals surface area contributed by atoms with Gasteiger partial charge in [-0.25, -0.2) is 0 Å². The summed E-state index contributed by atoms with van der Waals surface area (Å²) in [6.45, 7) is 4.61. The molecule has 2 aliphatic carbocycles. The predicted octanol–water partition coefficient (Wildman–Crippen LogP) is 3.45. The summed E-state index contributed by atoms with van der Waals surface area (Å²) in [6, 6.07) is 0. The van der Waals surface area contributed by atoms with Gasteiger partial charge in [0.05, 0.1) is 0 Å². The van der Waals surface area contributed by atoms with Gasteiger partial charge in [0.2, 0.25) is 0 Å². The first-order valence-electron chi connectivity index (χ1n) is 4.69. The van der Waals surface area contributed by atoms with E-state index >= 15 is 0 Å². The van der Waals surface area contributed by atoms with E-state index in [4.69, 9.17) is 0 Å². The van der Waals surface area contributed by atoms with Crippen molar-refractivity contribution in [3.05, 3.63) is 22.8 Å². The van der Waals surface area contributed by atoms with Crippen molar-refractivity contribution >= 4 is 0 Å². The molecular weight excluding hydrogens is 180 g/mol. The quantitative estimate of drug-likeness (QED) is 0.520. The van der Waals surface area contributed by atoms with Gasteiger partial charge in [0, 0.05) is 21.7 Å². The van der Waals surface area contributed by atoms with Crippen molar-refractivity contribution < 1.29 is 21.7 Å². The molecule has 0 aromatic rings. The molecular formula is C11H16Ti. The zero-order chi connectivity index (χ0) is 7.84. The summed E-state index contributed by atoms with van der Waals surface area (Å²) in [7, 11) is 0. The molecule has 1 heteroatoms. The van der Waals surface area contributed by atoms with Gasteiger partial charge in [-0.15, -0.1) is 0 Å². The zero-order valence-electron chi connectivity index (χ0n) is 7.98. The van der Waals surface area contributed by atoms with Crippen LogP contribution >= 0.6 is 0 Å². The molecule has 0 N–H and O–H groups in total. The number of hydrogen-bond donors (Lipinski definition) is 0. The minimum absolute atomic E-state index is 0. The SMILES string of the molecule is CC1=CC2=C(CCCC2)C1C.[Ti]. The van der Waals surface area contributed by atoms with Gasteiger partial charge in [-0.3, -0.25) is 0 Å². The predicted molar refractivity (Wildman–Crippen MR) is 48.4 cm³/mol. The Morgan fingerprint density at radius 1 is 1.25 bits per heavy atom. The molecule has 64 valence electrons. The Hall–Kier alpha value is 0.194. The van der Waals surface area contributed by atoms with Crippen molar-refractivity contribution in [2.24, 2.45) is 5.92 Å². The summed E-state index contributed by atoms with van der Waals surface area (Å²) >= 11 is 0. The molecule has 0 aliphatic heterocycles. The Morgan fingerprint density at radius 2 is 1.92 bits per heavy atom. The van der Waals surface area contributed by atoms with Crippen molar-refractivity contribution in [1.29, 1.82) is 0 Å². The van der Waals surface area contributed by atoms with Crippen LogP contribution in [-0.2, 0) is 21.7 Å². The Kier molecular flexibility index (Phi) is 3.37. The van der Waals surface area contributed by atoms with Gasteiger partial charge in [0.1, 0.15) is 0 Å². The van der Waals surface area contributed by atoms with Gasteiger partial charge in [-0.2, -0.15) is 0 Å². The largest absolute Gasteiger partial charge is 0.0661 e. The summed E-state index contributed by atoms with van der Waals surface area (Å²) in [5, 5.41) is 0. The number of hydrogen-bond acceptors (Lipinski definition) is 0. The van der Waals surface area contributed by atoms with Gasteiger partial charge < -0.3 is 0 Å². The van der Waals surface area contributed by atoms with Gasteiger partial charge in [-0.1, -0.05) is 24.1 Å². The number of allylic oxidation sites excluding steroid dienone is 4. The third-order valence-corrected chi connectivity index (χ3v) is 3.16. The molecule has 0 bridgehead atoms. The smallest absolute Gasteiger partial charge is 0 e. The van der Waals surface area contributed by atoms with Crippen molar-refractivity contribution in [3.63, 3.8) is 0 Å². The molecule has 0 fully saturated rings. The van der Waals surface area contributed by atoms with Crippen molar-refractivity contribution in [1.82, 2.24) is 0 Å². The Labute approximate surface area is 90.0 Å². The Bertz CT molecular complexity index is 235. The Balaban J connectivity index is 0.000000720. The first-order valence-corrected chi connectivity index (χ1v) is 4.69. The molecule has 0 aromatic heterocycles. The molecule has 0 nitrogen and oxygen atoms in total. The molecule has 1 unspecified atom stereocenters. The molecule has 2 aliphatic rings. The van der Waals surface area contributed by atoms with Crippen LogP contribution in [0.1, 0.15) is 39.5 Å². The van der Waals surface area contributed by atoms with Crippen molar-refractivity contribution in [2.75, 3.05) is 0 Å². The van der Waals surface area contributed by atoms with Crippen LogP contribution in [0.5, 0.6) is 0 Å². The standard InChI is InChI=1S/C11H16.Ti/c1-8-7-10-5-3-4-6-11(10)9(8)2;/h7,9H,3-6H2,1-2H3;. The maximum Gasteiger partial charge on any atom is 0 e. The maximum atomic E-state index is 2.42. The van der Waals surface area contributed by atoms with Crippen LogP contribution in [0.25, 0.3) is 0 Å². The normalized spacial score (nSPS) is 27.8. The van der Waals surface area contributed by atoms with E-state index in [2.05, 4.69) is 19.9 Å². The topological polar surface area (TPSA) is 0 Å². The van der Waals surface area contributed by atoms with E-state index in [1.54, 1.807) is 16.7 Å². The second kappa shape index (κ2) is 3.93. The van der Waals surface area contributed by atoms with E-state index in [9.17, 15) is 0 Å². The minimum Gasteiger partial charge on any atom is -0.0661 e. The molecule has 0 heterocycles. The van der Waals surface area contributed by atoms with E-state index in [0.29, 0.717) is 0 Å². The van der Waals surface area contributed by atoms with Crippen LogP contribution in [-0.4, -0.2) is 0 Å². The average Bonchev–Trinajstić information content (AvgIpc) is 2.30. The monoisotopic (exact) mass is 196 g/mol. The average molecular weight is 196 g/mol. The Morgan fingerprint density at radius 3 is 2.58 bits per heavy atom. The van der Waals surface area contributed by atoms with Crippen LogP contribution < -0.4 is 0 Å². The second-order valence-electron chi connectivity index (χ2n) is 3.87. The fourth-order valence-electron chi connectivity index (χ4n) is 2.29. The third kappa shape index (κ3) is 1.60.